The summed E-state index contributed by atoms with van der Waals surface area (Å²) in [6.07, 6.45) is 0. The highest BCUT2D eigenvalue weighted by molar-refractivity contribution is 5.51. The number of anilines is 1. The molecular formula is C17H32N4O2. The molecular weight excluding hydrogens is 292 g/mol. The van der Waals surface area contributed by atoms with Crippen LogP contribution in [0.4, 0.5) is 5.82 Å². The maximum absolute atomic E-state index is 10.1. The third-order valence-electron chi connectivity index (χ3n) is 4.09. The first-order valence-corrected chi connectivity index (χ1v) is 8.48. The summed E-state index contributed by atoms with van der Waals surface area (Å²) in [5.74, 6) is 1.57. The van der Waals surface area contributed by atoms with Crippen LogP contribution < -0.4 is 4.90 Å². The Labute approximate surface area is 140 Å². The number of aryl methyl sites for hydroxylation is 1. The van der Waals surface area contributed by atoms with Gasteiger partial charge >= 0.3 is 0 Å². The molecule has 1 aromatic heterocycles. The summed E-state index contributed by atoms with van der Waals surface area (Å²) in [6, 6.07) is 0. The number of likely N-dealkylation sites (N-methyl/N-ethyl adjacent to an activating group) is 1. The number of hydrogen-bond donors (Lipinski definition) is 1. The molecule has 6 heteroatoms. The van der Waals surface area contributed by atoms with Gasteiger partial charge in [-0.2, -0.15) is 5.10 Å². The zero-order valence-electron chi connectivity index (χ0n) is 15.5. The fourth-order valence-electron chi connectivity index (χ4n) is 3.35. The molecule has 0 amide bonds. The van der Waals surface area contributed by atoms with E-state index in [-0.39, 0.29) is 0 Å². The van der Waals surface area contributed by atoms with Crippen LogP contribution in [0, 0.1) is 0 Å². The topological polar surface area (TPSA) is 53.8 Å². The Morgan fingerprint density at radius 1 is 1.30 bits per heavy atom. The summed E-state index contributed by atoms with van der Waals surface area (Å²) in [6.45, 7) is 12.8. The Balaban J connectivity index is 2.30. The van der Waals surface area contributed by atoms with Crippen molar-refractivity contribution in [2.24, 2.45) is 7.05 Å². The van der Waals surface area contributed by atoms with E-state index in [9.17, 15) is 5.11 Å². The number of ether oxygens (including phenoxy) is 1. The smallest absolute Gasteiger partial charge is 0.131 e. The van der Waals surface area contributed by atoms with Gasteiger partial charge in [-0.25, -0.2) is 0 Å². The molecule has 0 bridgehead atoms. The quantitative estimate of drug-likeness (QED) is 0.861. The molecule has 2 rings (SSSR count). The van der Waals surface area contributed by atoms with Gasteiger partial charge in [-0.15, -0.1) is 0 Å². The van der Waals surface area contributed by atoms with Crippen LogP contribution >= 0.6 is 0 Å². The molecule has 0 saturated carbocycles. The van der Waals surface area contributed by atoms with Crippen LogP contribution in [0.2, 0.25) is 0 Å². The molecule has 0 spiro atoms. The van der Waals surface area contributed by atoms with Crippen molar-refractivity contribution in [3.8, 4) is 0 Å². The third-order valence-corrected chi connectivity index (χ3v) is 4.09. The molecule has 1 aliphatic heterocycles. The van der Waals surface area contributed by atoms with Gasteiger partial charge in [0.05, 0.1) is 24.5 Å². The molecule has 0 radical (unpaired) electrons. The molecule has 1 saturated heterocycles. The SMILES string of the molecule is CC(C)c1nn(C)c(N2CCOCC2)c1CN(C)CC(C)(C)O. The number of hydrogen-bond acceptors (Lipinski definition) is 5. The van der Waals surface area contributed by atoms with E-state index in [0.717, 1.165) is 38.5 Å². The van der Waals surface area contributed by atoms with Crippen LogP contribution in [0.15, 0.2) is 0 Å². The van der Waals surface area contributed by atoms with Gasteiger partial charge in [0.15, 0.2) is 0 Å². The van der Waals surface area contributed by atoms with E-state index in [4.69, 9.17) is 9.84 Å². The Morgan fingerprint density at radius 2 is 1.91 bits per heavy atom. The van der Waals surface area contributed by atoms with Gasteiger partial charge in [0, 0.05) is 38.8 Å². The summed E-state index contributed by atoms with van der Waals surface area (Å²) in [5, 5.41) is 14.9. The first-order valence-electron chi connectivity index (χ1n) is 8.48. The zero-order valence-corrected chi connectivity index (χ0v) is 15.5. The van der Waals surface area contributed by atoms with Crippen LogP contribution in [0.1, 0.15) is 44.9 Å². The molecule has 0 aliphatic carbocycles. The lowest BCUT2D eigenvalue weighted by atomic mass is 10.0. The van der Waals surface area contributed by atoms with E-state index in [2.05, 4.69) is 30.7 Å². The normalized spacial score (nSPS) is 16.7. The minimum Gasteiger partial charge on any atom is -0.389 e. The van der Waals surface area contributed by atoms with Crippen LogP contribution in [-0.4, -0.2) is 65.3 Å². The standard InChI is InChI=1S/C17H32N4O2/c1-13(2)15-14(11-19(5)12-17(3,4)22)16(20(6)18-15)21-7-9-23-10-8-21/h13,22H,7-12H2,1-6H3. The van der Waals surface area contributed by atoms with E-state index in [1.807, 2.05) is 25.6 Å². The van der Waals surface area contributed by atoms with E-state index >= 15 is 0 Å². The second-order valence-electron chi connectivity index (χ2n) is 7.55. The number of rotatable bonds is 6. The van der Waals surface area contributed by atoms with Gasteiger partial charge < -0.3 is 14.7 Å². The van der Waals surface area contributed by atoms with Gasteiger partial charge in [-0.1, -0.05) is 13.8 Å². The van der Waals surface area contributed by atoms with Crippen molar-refractivity contribution in [1.82, 2.24) is 14.7 Å². The third kappa shape index (κ3) is 4.68. The van der Waals surface area contributed by atoms with Crippen molar-refractivity contribution < 1.29 is 9.84 Å². The maximum atomic E-state index is 10.1. The summed E-state index contributed by atoms with van der Waals surface area (Å²) >= 11 is 0. The highest BCUT2D eigenvalue weighted by atomic mass is 16.5. The molecule has 132 valence electrons. The van der Waals surface area contributed by atoms with Crippen LogP contribution in [-0.2, 0) is 18.3 Å². The second-order valence-corrected chi connectivity index (χ2v) is 7.55. The van der Waals surface area contributed by atoms with E-state index in [1.165, 1.54) is 11.4 Å². The minimum atomic E-state index is -0.700. The molecule has 0 unspecified atom stereocenters. The molecule has 0 aromatic carbocycles. The molecule has 1 fully saturated rings. The lowest BCUT2D eigenvalue weighted by Gasteiger charge is -2.31. The molecule has 6 nitrogen and oxygen atoms in total. The summed E-state index contributed by atoms with van der Waals surface area (Å²) in [7, 11) is 4.08. The molecule has 0 atom stereocenters. The highest BCUT2D eigenvalue weighted by Crippen LogP contribution is 2.30. The van der Waals surface area contributed by atoms with Gasteiger partial charge in [0.2, 0.25) is 0 Å². The van der Waals surface area contributed by atoms with Crippen molar-refractivity contribution in [2.45, 2.75) is 45.8 Å². The highest BCUT2D eigenvalue weighted by Gasteiger charge is 2.26. The predicted molar refractivity (Wildman–Crippen MR) is 93.0 cm³/mol. The van der Waals surface area contributed by atoms with Crippen molar-refractivity contribution in [2.75, 3.05) is 44.8 Å². The van der Waals surface area contributed by atoms with E-state index < -0.39 is 5.60 Å². The van der Waals surface area contributed by atoms with Gasteiger partial charge in [0.25, 0.3) is 0 Å². The molecule has 2 heterocycles. The molecule has 1 aliphatic rings. The molecule has 23 heavy (non-hydrogen) atoms. The summed E-state index contributed by atoms with van der Waals surface area (Å²) in [5.41, 5.74) is 1.72. The first kappa shape index (κ1) is 18.2. The van der Waals surface area contributed by atoms with Gasteiger partial charge in [0.1, 0.15) is 5.82 Å². The lowest BCUT2D eigenvalue weighted by molar-refractivity contribution is 0.0424. The Kier molecular flexibility index (Phi) is 5.70. The maximum Gasteiger partial charge on any atom is 0.131 e. The Morgan fingerprint density at radius 3 is 2.43 bits per heavy atom. The molecule has 1 aromatic rings. The summed E-state index contributed by atoms with van der Waals surface area (Å²) in [4.78, 5) is 4.54. The van der Waals surface area contributed by atoms with Crippen LogP contribution in [0.3, 0.4) is 0 Å². The number of aromatic nitrogens is 2. The van der Waals surface area contributed by atoms with Crippen molar-refractivity contribution in [3.63, 3.8) is 0 Å². The van der Waals surface area contributed by atoms with E-state index in [0.29, 0.717) is 12.5 Å². The zero-order chi connectivity index (χ0) is 17.2. The average Bonchev–Trinajstić information content (AvgIpc) is 2.74. The van der Waals surface area contributed by atoms with Gasteiger partial charge in [-0.3, -0.25) is 9.58 Å². The monoisotopic (exact) mass is 324 g/mol. The van der Waals surface area contributed by atoms with Crippen molar-refractivity contribution in [1.29, 1.82) is 0 Å². The van der Waals surface area contributed by atoms with Crippen molar-refractivity contribution in [3.05, 3.63) is 11.3 Å². The molecule has 1 N–H and O–H groups in total. The largest absolute Gasteiger partial charge is 0.389 e. The lowest BCUT2D eigenvalue weighted by Crippen LogP contribution is -2.39. The van der Waals surface area contributed by atoms with E-state index in [1.54, 1.807) is 0 Å². The fraction of sp³-hybridized carbons (Fsp3) is 0.824. The van der Waals surface area contributed by atoms with Crippen LogP contribution in [0.5, 0.6) is 0 Å². The summed E-state index contributed by atoms with van der Waals surface area (Å²) < 4.78 is 7.50. The average molecular weight is 324 g/mol. The van der Waals surface area contributed by atoms with Crippen molar-refractivity contribution >= 4 is 5.82 Å². The van der Waals surface area contributed by atoms with Gasteiger partial charge in [-0.05, 0) is 26.8 Å². The Bertz CT molecular complexity index is 513. The Hall–Kier alpha value is -1.11. The van der Waals surface area contributed by atoms with Crippen LogP contribution in [0.25, 0.3) is 0 Å². The number of morpholine rings is 1. The number of nitrogens with zero attached hydrogens (tertiary/aromatic N) is 4. The predicted octanol–water partition coefficient (Wildman–Crippen LogP) is 1.58. The fourth-order valence-corrected chi connectivity index (χ4v) is 3.35. The number of aliphatic hydroxyl groups is 1. The first-order chi connectivity index (χ1) is 10.7. The second kappa shape index (κ2) is 7.20. The minimum absolute atomic E-state index is 0.376.